The molecule has 4 rings (SSSR count). The van der Waals surface area contributed by atoms with E-state index >= 15 is 0 Å². The van der Waals surface area contributed by atoms with E-state index in [1.54, 1.807) is 4.68 Å². The van der Waals surface area contributed by atoms with Gasteiger partial charge in [0, 0.05) is 11.3 Å². The first-order chi connectivity index (χ1) is 14.8. The van der Waals surface area contributed by atoms with Crippen LogP contribution in [-0.2, 0) is 0 Å². The highest BCUT2D eigenvalue weighted by molar-refractivity contribution is 6.02. The predicted octanol–water partition coefficient (Wildman–Crippen LogP) is 5.73. The Morgan fingerprint density at radius 1 is 0.774 bits per heavy atom. The molecule has 0 aliphatic carbocycles. The van der Waals surface area contributed by atoms with Crippen LogP contribution in [0.1, 0.15) is 38.4 Å². The summed E-state index contributed by atoms with van der Waals surface area (Å²) in [7, 11) is 0. The van der Waals surface area contributed by atoms with Gasteiger partial charge in [0.25, 0.3) is 5.91 Å². The number of carbonyl (C=O) groups excluding carboxylic acids is 1. The van der Waals surface area contributed by atoms with Gasteiger partial charge in [-0.3, -0.25) is 4.79 Å². The number of anilines is 1. The van der Waals surface area contributed by atoms with Crippen molar-refractivity contribution in [3.8, 4) is 17.1 Å². The van der Waals surface area contributed by atoms with Gasteiger partial charge < -0.3 is 5.32 Å². The number of nitrogens with zero attached hydrogens (tertiary/aromatic N) is 3. The van der Waals surface area contributed by atoms with Gasteiger partial charge in [-0.2, -0.15) is 0 Å². The van der Waals surface area contributed by atoms with Crippen molar-refractivity contribution in [2.45, 2.75) is 34.6 Å². The normalized spacial score (nSPS) is 10.9. The van der Waals surface area contributed by atoms with Gasteiger partial charge in [0.2, 0.25) is 5.82 Å². The van der Waals surface area contributed by atoms with E-state index in [9.17, 15) is 4.79 Å². The molecule has 0 saturated carbocycles. The molecule has 5 heteroatoms. The van der Waals surface area contributed by atoms with Crippen LogP contribution in [0.15, 0.2) is 60.7 Å². The highest BCUT2D eigenvalue weighted by atomic mass is 16.2. The number of hydrogen-bond acceptors (Lipinski definition) is 3. The second-order valence-electron chi connectivity index (χ2n) is 8.10. The van der Waals surface area contributed by atoms with Gasteiger partial charge >= 0.3 is 0 Å². The van der Waals surface area contributed by atoms with Crippen LogP contribution in [0.25, 0.3) is 17.1 Å². The van der Waals surface area contributed by atoms with Crippen LogP contribution < -0.4 is 5.32 Å². The average molecular weight is 411 g/mol. The van der Waals surface area contributed by atoms with Crippen LogP contribution in [0.4, 0.5) is 5.69 Å². The minimum Gasteiger partial charge on any atom is -0.319 e. The van der Waals surface area contributed by atoms with E-state index in [2.05, 4.69) is 33.6 Å². The van der Waals surface area contributed by atoms with Gasteiger partial charge in [0.15, 0.2) is 5.82 Å². The topological polar surface area (TPSA) is 59.8 Å². The molecule has 1 heterocycles. The molecule has 1 amide bonds. The zero-order chi connectivity index (χ0) is 22.1. The van der Waals surface area contributed by atoms with E-state index in [4.69, 9.17) is 0 Å². The van der Waals surface area contributed by atoms with Crippen molar-refractivity contribution < 1.29 is 4.79 Å². The quantitative estimate of drug-likeness (QED) is 0.467. The van der Waals surface area contributed by atoms with E-state index in [1.807, 2.05) is 77.1 Å². The lowest BCUT2D eigenvalue weighted by Crippen LogP contribution is -2.15. The molecule has 5 nitrogen and oxygen atoms in total. The summed E-state index contributed by atoms with van der Waals surface area (Å²) >= 11 is 0. The summed E-state index contributed by atoms with van der Waals surface area (Å²) in [6, 6.07) is 20.2. The molecule has 0 radical (unpaired) electrons. The molecule has 1 aromatic heterocycles. The van der Waals surface area contributed by atoms with Crippen molar-refractivity contribution in [3.63, 3.8) is 0 Å². The first-order valence-electron chi connectivity index (χ1n) is 10.3. The largest absolute Gasteiger partial charge is 0.319 e. The van der Waals surface area contributed by atoms with Crippen LogP contribution in [0, 0.1) is 34.6 Å². The Labute approximate surface area is 182 Å². The number of aryl methyl sites for hydroxylation is 5. The minimum atomic E-state index is -0.328. The third kappa shape index (κ3) is 4.26. The number of carbonyl (C=O) groups is 1. The Balaban J connectivity index is 1.81. The van der Waals surface area contributed by atoms with Gasteiger partial charge in [-0.05, 0) is 69.0 Å². The highest BCUT2D eigenvalue weighted by Gasteiger charge is 2.20. The van der Waals surface area contributed by atoms with E-state index in [0.717, 1.165) is 44.8 Å². The number of nitrogens with one attached hydrogen (secondary N) is 1. The summed E-state index contributed by atoms with van der Waals surface area (Å²) in [5, 5.41) is 7.59. The first kappa shape index (κ1) is 20.5. The lowest BCUT2D eigenvalue weighted by molar-refractivity contribution is 0.101. The van der Waals surface area contributed by atoms with Crippen molar-refractivity contribution in [2.24, 2.45) is 0 Å². The lowest BCUT2D eigenvalue weighted by atomic mass is 10.1. The molecule has 0 atom stereocenters. The van der Waals surface area contributed by atoms with Crippen molar-refractivity contribution in [1.82, 2.24) is 14.8 Å². The third-order valence-corrected chi connectivity index (χ3v) is 5.35. The second-order valence-corrected chi connectivity index (χ2v) is 8.10. The third-order valence-electron chi connectivity index (χ3n) is 5.35. The minimum absolute atomic E-state index is 0.136. The van der Waals surface area contributed by atoms with Gasteiger partial charge in [-0.25, -0.2) is 9.67 Å². The van der Waals surface area contributed by atoms with E-state index in [0.29, 0.717) is 5.82 Å². The molecule has 3 aromatic carbocycles. The molecule has 0 saturated heterocycles. The predicted molar refractivity (Wildman–Crippen MR) is 125 cm³/mol. The molecule has 156 valence electrons. The van der Waals surface area contributed by atoms with Crippen LogP contribution in [0.3, 0.4) is 0 Å². The van der Waals surface area contributed by atoms with Gasteiger partial charge in [0.05, 0.1) is 5.69 Å². The van der Waals surface area contributed by atoms with Gasteiger partial charge in [0.1, 0.15) is 0 Å². The number of amides is 1. The molecule has 4 aromatic rings. The Hall–Kier alpha value is -3.73. The fraction of sp³-hybridized carbons (Fsp3) is 0.192. The molecule has 0 aliphatic rings. The Morgan fingerprint density at radius 2 is 1.39 bits per heavy atom. The maximum absolute atomic E-state index is 13.1. The van der Waals surface area contributed by atoms with E-state index in [1.165, 1.54) is 0 Å². The molecule has 0 bridgehead atoms. The zero-order valence-corrected chi connectivity index (χ0v) is 18.5. The van der Waals surface area contributed by atoms with Crippen molar-refractivity contribution in [2.75, 3.05) is 5.32 Å². The smallest absolute Gasteiger partial charge is 0.295 e. The zero-order valence-electron chi connectivity index (χ0n) is 18.5. The summed E-state index contributed by atoms with van der Waals surface area (Å²) in [6.07, 6.45) is 0. The number of benzene rings is 3. The number of hydrogen-bond donors (Lipinski definition) is 1. The average Bonchev–Trinajstić information content (AvgIpc) is 3.18. The number of rotatable bonds is 4. The molecular weight excluding hydrogens is 384 g/mol. The summed E-state index contributed by atoms with van der Waals surface area (Å²) in [4.78, 5) is 17.7. The van der Waals surface area contributed by atoms with Crippen molar-refractivity contribution in [3.05, 3.63) is 94.3 Å². The van der Waals surface area contributed by atoms with Crippen LogP contribution >= 0.6 is 0 Å². The van der Waals surface area contributed by atoms with Gasteiger partial charge in [-0.1, -0.05) is 54.1 Å². The van der Waals surface area contributed by atoms with Crippen LogP contribution in [0.5, 0.6) is 0 Å². The monoisotopic (exact) mass is 410 g/mol. The Bertz CT molecular complexity index is 1270. The SMILES string of the molecule is Cc1ccc(-c2nc(C(=O)Nc3cc(C)ccc3C)nn2-c2cc(C)ccc2C)cc1. The van der Waals surface area contributed by atoms with Crippen LogP contribution in [0.2, 0.25) is 0 Å². The standard InChI is InChI=1S/C26H26N4O/c1-16-8-12-21(13-9-16)25-28-24(26(31)27-22-14-17(2)6-10-19(22)4)29-30(25)23-15-18(3)7-11-20(23)5/h6-15H,1-5H3,(H,27,31). The second kappa shape index (κ2) is 8.19. The van der Waals surface area contributed by atoms with Crippen molar-refractivity contribution >= 4 is 11.6 Å². The summed E-state index contributed by atoms with van der Waals surface area (Å²) in [6.45, 7) is 10.1. The fourth-order valence-electron chi connectivity index (χ4n) is 3.46. The van der Waals surface area contributed by atoms with Crippen LogP contribution in [-0.4, -0.2) is 20.7 Å². The number of aromatic nitrogens is 3. The fourth-order valence-corrected chi connectivity index (χ4v) is 3.46. The van der Waals surface area contributed by atoms with Gasteiger partial charge in [-0.15, -0.1) is 5.10 Å². The maximum atomic E-state index is 13.1. The molecule has 0 spiro atoms. The summed E-state index contributed by atoms with van der Waals surface area (Å²) in [5.41, 5.74) is 8.00. The highest BCUT2D eigenvalue weighted by Crippen LogP contribution is 2.25. The molecular formula is C26H26N4O. The summed E-state index contributed by atoms with van der Waals surface area (Å²) < 4.78 is 1.77. The Morgan fingerprint density at radius 3 is 2.10 bits per heavy atom. The molecule has 0 fully saturated rings. The molecule has 31 heavy (non-hydrogen) atoms. The lowest BCUT2D eigenvalue weighted by Gasteiger charge is -2.10. The van der Waals surface area contributed by atoms with Crippen molar-refractivity contribution in [1.29, 1.82) is 0 Å². The van der Waals surface area contributed by atoms with E-state index in [-0.39, 0.29) is 11.7 Å². The molecule has 1 N–H and O–H groups in total. The molecule has 0 aliphatic heterocycles. The first-order valence-corrected chi connectivity index (χ1v) is 10.3. The van der Waals surface area contributed by atoms with E-state index < -0.39 is 0 Å². The summed E-state index contributed by atoms with van der Waals surface area (Å²) in [5.74, 6) is 0.448. The molecule has 0 unspecified atom stereocenters. The Kier molecular flexibility index (Phi) is 5.42. The maximum Gasteiger partial charge on any atom is 0.295 e.